The van der Waals surface area contributed by atoms with E-state index in [9.17, 15) is 4.79 Å². The summed E-state index contributed by atoms with van der Waals surface area (Å²) in [7, 11) is 0. The maximum absolute atomic E-state index is 12.3. The Labute approximate surface area is 180 Å². The van der Waals surface area contributed by atoms with Crippen molar-refractivity contribution in [3.8, 4) is 5.75 Å². The first-order chi connectivity index (χ1) is 13.4. The van der Waals surface area contributed by atoms with E-state index in [1.54, 1.807) is 43.3 Å². The van der Waals surface area contributed by atoms with Gasteiger partial charge in [0.2, 0.25) is 5.91 Å². The van der Waals surface area contributed by atoms with Gasteiger partial charge in [-0.2, -0.15) is 0 Å². The molecule has 6 nitrogen and oxygen atoms in total. The van der Waals surface area contributed by atoms with Crippen LogP contribution < -0.4 is 10.1 Å². The van der Waals surface area contributed by atoms with Crippen LogP contribution in [0.15, 0.2) is 52.1 Å². The summed E-state index contributed by atoms with van der Waals surface area (Å²) < 4.78 is 11.1. The summed E-state index contributed by atoms with van der Waals surface area (Å²) in [5.41, 5.74) is 0.509. The average Bonchev–Trinajstić information content (AvgIpc) is 3.07. The second-order valence-electron chi connectivity index (χ2n) is 5.59. The Bertz CT molecular complexity index is 963. The second-order valence-corrected chi connectivity index (χ2v) is 8.16. The van der Waals surface area contributed by atoms with Crippen molar-refractivity contribution in [1.82, 2.24) is 10.2 Å². The van der Waals surface area contributed by atoms with E-state index in [1.807, 2.05) is 6.07 Å². The zero-order valence-electron chi connectivity index (χ0n) is 14.5. The Kier molecular flexibility index (Phi) is 7.07. The van der Waals surface area contributed by atoms with Crippen LogP contribution in [0.3, 0.4) is 0 Å². The number of anilines is 1. The molecule has 0 spiro atoms. The van der Waals surface area contributed by atoms with Crippen molar-refractivity contribution in [2.24, 2.45) is 0 Å². The van der Waals surface area contributed by atoms with Gasteiger partial charge in [0, 0.05) is 15.7 Å². The lowest BCUT2D eigenvalue weighted by Gasteiger charge is -2.10. The van der Waals surface area contributed by atoms with E-state index >= 15 is 0 Å². The Hall–Kier alpha value is -1.93. The summed E-state index contributed by atoms with van der Waals surface area (Å²) in [6.07, 6.45) is 0. The fourth-order valence-electron chi connectivity index (χ4n) is 2.12. The van der Waals surface area contributed by atoms with Gasteiger partial charge in [-0.1, -0.05) is 58.7 Å². The van der Waals surface area contributed by atoms with E-state index < -0.39 is 5.25 Å². The number of carbonyl (C=O) groups excluding carboxylic acids is 1. The van der Waals surface area contributed by atoms with Gasteiger partial charge in [0.25, 0.3) is 11.1 Å². The highest BCUT2D eigenvalue weighted by molar-refractivity contribution is 8.00. The van der Waals surface area contributed by atoms with Crippen molar-refractivity contribution in [3.05, 3.63) is 63.4 Å². The van der Waals surface area contributed by atoms with Gasteiger partial charge in [-0.05, 0) is 37.3 Å². The maximum atomic E-state index is 12.3. The summed E-state index contributed by atoms with van der Waals surface area (Å²) in [6, 6.07) is 11.9. The van der Waals surface area contributed by atoms with Gasteiger partial charge in [0.15, 0.2) is 6.61 Å². The highest BCUT2D eigenvalue weighted by Crippen LogP contribution is 2.27. The van der Waals surface area contributed by atoms with Crippen LogP contribution in [0.5, 0.6) is 5.75 Å². The minimum absolute atomic E-state index is 0.0683. The molecule has 1 amide bonds. The molecule has 0 aliphatic rings. The number of ether oxygens (including phenoxy) is 1. The van der Waals surface area contributed by atoms with Gasteiger partial charge >= 0.3 is 0 Å². The summed E-state index contributed by atoms with van der Waals surface area (Å²) in [6.45, 7) is 1.79. The first-order valence-corrected chi connectivity index (χ1v) is 10.1. The quantitative estimate of drug-likeness (QED) is 0.456. The molecule has 1 N–H and O–H groups in total. The van der Waals surface area contributed by atoms with Crippen LogP contribution >= 0.6 is 46.6 Å². The number of nitrogens with zero attached hydrogens (tertiary/aromatic N) is 2. The van der Waals surface area contributed by atoms with E-state index in [2.05, 4.69) is 15.5 Å². The van der Waals surface area contributed by atoms with Gasteiger partial charge < -0.3 is 14.5 Å². The Morgan fingerprint density at radius 3 is 2.61 bits per heavy atom. The van der Waals surface area contributed by atoms with Gasteiger partial charge in [-0.25, -0.2) is 0 Å². The molecular formula is C18H14Cl3N3O3S. The molecule has 28 heavy (non-hydrogen) atoms. The number of para-hydroxylation sites is 1. The Morgan fingerprint density at radius 1 is 1.18 bits per heavy atom. The largest absolute Gasteiger partial charge is 0.482 e. The molecule has 3 aromatic rings. The lowest BCUT2D eigenvalue weighted by atomic mass is 10.3. The van der Waals surface area contributed by atoms with E-state index in [1.165, 1.54) is 0 Å². The first kappa shape index (κ1) is 20.8. The van der Waals surface area contributed by atoms with E-state index in [0.29, 0.717) is 26.5 Å². The zero-order chi connectivity index (χ0) is 20.1. The number of hydrogen-bond donors (Lipinski definition) is 1. The van der Waals surface area contributed by atoms with Gasteiger partial charge in [0.1, 0.15) is 5.75 Å². The number of nitrogens with one attached hydrogen (secondary N) is 1. The summed E-state index contributed by atoms with van der Waals surface area (Å²) in [5, 5.41) is 11.7. The molecule has 0 aliphatic carbocycles. The molecule has 0 fully saturated rings. The average molecular weight is 459 g/mol. The smallest absolute Gasteiger partial charge is 0.277 e. The fraction of sp³-hybridized carbons (Fsp3) is 0.167. The number of benzene rings is 2. The molecule has 10 heteroatoms. The predicted molar refractivity (Wildman–Crippen MR) is 110 cm³/mol. The number of rotatable bonds is 7. The molecule has 3 rings (SSSR count). The molecule has 0 saturated carbocycles. The molecule has 1 unspecified atom stereocenters. The molecule has 1 heterocycles. The van der Waals surface area contributed by atoms with Crippen LogP contribution in [0.4, 0.5) is 5.69 Å². The van der Waals surface area contributed by atoms with Crippen LogP contribution in [0, 0.1) is 0 Å². The van der Waals surface area contributed by atoms with Crippen molar-refractivity contribution in [2.75, 3.05) is 5.32 Å². The van der Waals surface area contributed by atoms with E-state index in [0.717, 1.165) is 11.8 Å². The SMILES string of the molecule is CC(Sc1nnc(COc2ccccc2Cl)o1)C(=O)Nc1cc(Cl)cc(Cl)c1. The van der Waals surface area contributed by atoms with Crippen LogP contribution in [-0.4, -0.2) is 21.4 Å². The van der Waals surface area contributed by atoms with Crippen molar-refractivity contribution in [3.63, 3.8) is 0 Å². The molecule has 2 aromatic carbocycles. The van der Waals surface area contributed by atoms with Crippen LogP contribution in [0.25, 0.3) is 0 Å². The van der Waals surface area contributed by atoms with Crippen molar-refractivity contribution in [1.29, 1.82) is 0 Å². The van der Waals surface area contributed by atoms with Gasteiger partial charge in [-0.3, -0.25) is 4.79 Å². The molecule has 0 bridgehead atoms. The maximum Gasteiger partial charge on any atom is 0.277 e. The molecule has 1 atom stereocenters. The molecule has 0 aliphatic heterocycles. The van der Waals surface area contributed by atoms with Crippen molar-refractivity contribution >= 4 is 58.2 Å². The number of carbonyl (C=O) groups is 1. The van der Waals surface area contributed by atoms with E-state index in [4.69, 9.17) is 44.0 Å². The van der Waals surface area contributed by atoms with Gasteiger partial charge in [0.05, 0.1) is 10.3 Å². The monoisotopic (exact) mass is 457 g/mol. The molecule has 0 radical (unpaired) electrons. The minimum atomic E-state index is -0.490. The number of halogens is 3. The van der Waals surface area contributed by atoms with Gasteiger partial charge in [-0.15, -0.1) is 10.2 Å². The minimum Gasteiger partial charge on any atom is -0.482 e. The number of aromatic nitrogens is 2. The normalized spacial score (nSPS) is 11.9. The number of amides is 1. The van der Waals surface area contributed by atoms with Crippen LogP contribution in [-0.2, 0) is 11.4 Å². The molecule has 1 aromatic heterocycles. The zero-order valence-corrected chi connectivity index (χ0v) is 17.6. The van der Waals surface area contributed by atoms with Crippen molar-refractivity contribution in [2.45, 2.75) is 24.0 Å². The third-order valence-corrected chi connectivity index (χ3v) is 5.10. The predicted octanol–water partition coefficient (Wildman–Crippen LogP) is 5.73. The Balaban J connectivity index is 1.55. The first-order valence-electron chi connectivity index (χ1n) is 8.04. The van der Waals surface area contributed by atoms with Crippen LogP contribution in [0.2, 0.25) is 15.1 Å². The summed E-state index contributed by atoms with van der Waals surface area (Å²) in [4.78, 5) is 12.3. The fourth-order valence-corrected chi connectivity index (χ4v) is 3.54. The number of hydrogen-bond acceptors (Lipinski definition) is 6. The molecule has 146 valence electrons. The lowest BCUT2D eigenvalue weighted by Crippen LogP contribution is -2.22. The highest BCUT2D eigenvalue weighted by Gasteiger charge is 2.19. The molecular weight excluding hydrogens is 445 g/mol. The van der Waals surface area contributed by atoms with E-state index in [-0.39, 0.29) is 23.6 Å². The number of thioether (sulfide) groups is 1. The highest BCUT2D eigenvalue weighted by atomic mass is 35.5. The van der Waals surface area contributed by atoms with Crippen LogP contribution in [0.1, 0.15) is 12.8 Å². The Morgan fingerprint density at radius 2 is 1.89 bits per heavy atom. The summed E-state index contributed by atoms with van der Waals surface area (Å²) >= 11 is 19.0. The third kappa shape index (κ3) is 5.78. The standard InChI is InChI=1S/C18H14Cl3N3O3S/c1-10(17(25)22-13-7-11(19)6-12(20)8-13)28-18-24-23-16(27-18)9-26-15-5-3-2-4-14(15)21/h2-8,10H,9H2,1H3,(H,22,25). The lowest BCUT2D eigenvalue weighted by molar-refractivity contribution is -0.115. The van der Waals surface area contributed by atoms with Crippen molar-refractivity contribution < 1.29 is 13.9 Å². The second kappa shape index (κ2) is 9.52. The summed E-state index contributed by atoms with van der Waals surface area (Å²) in [5.74, 6) is 0.538. The third-order valence-electron chi connectivity index (χ3n) is 3.41. The topological polar surface area (TPSA) is 77.2 Å². The molecule has 0 saturated heterocycles.